The minimum absolute atomic E-state index is 0.121. The molecule has 3 nitrogen and oxygen atoms in total. The van der Waals surface area contributed by atoms with Crippen LogP contribution in [0.3, 0.4) is 0 Å². The second kappa shape index (κ2) is 7.77. The highest BCUT2D eigenvalue weighted by molar-refractivity contribution is 5.15. The highest BCUT2D eigenvalue weighted by Crippen LogP contribution is 2.16. The summed E-state index contributed by atoms with van der Waals surface area (Å²) in [6, 6.07) is 10.7. The van der Waals surface area contributed by atoms with E-state index in [2.05, 4.69) is 49.1 Å². The van der Waals surface area contributed by atoms with Gasteiger partial charge in [-0.3, -0.25) is 4.90 Å². The van der Waals surface area contributed by atoms with E-state index in [0.29, 0.717) is 12.0 Å². The number of rotatable bonds is 6. The first-order valence-corrected chi connectivity index (χ1v) is 7.84. The Bertz CT molecular complexity index is 382. The standard InChI is InChI=1S/C17H28N2O/c1-3-7-16-12-19(13-17(18)20-16)11-14(2)10-15-8-5-4-6-9-15/h4-6,8-9,14,16-17H,3,7,10-13,18H2,1-2H3. The summed E-state index contributed by atoms with van der Waals surface area (Å²) in [4.78, 5) is 2.47. The van der Waals surface area contributed by atoms with E-state index in [9.17, 15) is 0 Å². The summed E-state index contributed by atoms with van der Waals surface area (Å²) in [6.45, 7) is 7.51. The minimum atomic E-state index is -0.121. The SMILES string of the molecule is CCCC1CN(CC(C)Cc2ccccc2)CC(N)O1. The van der Waals surface area contributed by atoms with Crippen molar-refractivity contribution < 1.29 is 4.74 Å². The Morgan fingerprint density at radius 2 is 2.05 bits per heavy atom. The Kier molecular flexibility index (Phi) is 6.02. The molecule has 1 fully saturated rings. The van der Waals surface area contributed by atoms with Crippen LogP contribution in [0.25, 0.3) is 0 Å². The molecule has 0 aromatic heterocycles. The summed E-state index contributed by atoms with van der Waals surface area (Å²) < 4.78 is 5.79. The van der Waals surface area contributed by atoms with Crippen LogP contribution in [0.5, 0.6) is 0 Å². The summed E-state index contributed by atoms with van der Waals surface area (Å²) in [7, 11) is 0. The van der Waals surface area contributed by atoms with Crippen LogP contribution in [-0.2, 0) is 11.2 Å². The molecule has 112 valence electrons. The Morgan fingerprint density at radius 1 is 1.30 bits per heavy atom. The van der Waals surface area contributed by atoms with Crippen LogP contribution in [0.4, 0.5) is 0 Å². The van der Waals surface area contributed by atoms with Crippen LogP contribution >= 0.6 is 0 Å². The van der Waals surface area contributed by atoms with E-state index in [1.807, 2.05) is 0 Å². The van der Waals surface area contributed by atoms with Crippen LogP contribution < -0.4 is 5.73 Å². The van der Waals surface area contributed by atoms with E-state index in [0.717, 1.165) is 38.9 Å². The summed E-state index contributed by atoms with van der Waals surface area (Å²) >= 11 is 0. The molecular formula is C17H28N2O. The number of hydrogen-bond acceptors (Lipinski definition) is 3. The molecule has 0 saturated carbocycles. The maximum atomic E-state index is 6.01. The van der Waals surface area contributed by atoms with Gasteiger partial charge >= 0.3 is 0 Å². The van der Waals surface area contributed by atoms with Crippen molar-refractivity contribution in [1.82, 2.24) is 4.90 Å². The monoisotopic (exact) mass is 276 g/mol. The Labute approximate surface area is 123 Å². The van der Waals surface area contributed by atoms with Gasteiger partial charge in [0.2, 0.25) is 0 Å². The Hall–Kier alpha value is -0.900. The first-order valence-electron chi connectivity index (χ1n) is 7.84. The molecule has 3 atom stereocenters. The fraction of sp³-hybridized carbons (Fsp3) is 0.647. The van der Waals surface area contributed by atoms with Crippen LogP contribution in [0.15, 0.2) is 30.3 Å². The van der Waals surface area contributed by atoms with E-state index >= 15 is 0 Å². The average Bonchev–Trinajstić information content (AvgIpc) is 2.39. The molecule has 1 aliphatic rings. The van der Waals surface area contributed by atoms with Gasteiger partial charge in [0.05, 0.1) is 6.10 Å². The van der Waals surface area contributed by atoms with Gasteiger partial charge in [0.15, 0.2) is 0 Å². The van der Waals surface area contributed by atoms with Gasteiger partial charge in [-0.1, -0.05) is 50.6 Å². The zero-order valence-corrected chi connectivity index (χ0v) is 12.8. The fourth-order valence-electron chi connectivity index (χ4n) is 3.10. The summed E-state index contributed by atoms with van der Waals surface area (Å²) in [5, 5.41) is 0. The maximum absolute atomic E-state index is 6.01. The third-order valence-corrected chi connectivity index (χ3v) is 3.87. The van der Waals surface area contributed by atoms with Crippen LogP contribution in [-0.4, -0.2) is 36.9 Å². The Morgan fingerprint density at radius 3 is 2.75 bits per heavy atom. The predicted molar refractivity (Wildman–Crippen MR) is 83.5 cm³/mol. The lowest BCUT2D eigenvalue weighted by Gasteiger charge is -2.37. The molecule has 0 radical (unpaired) electrons. The van der Waals surface area contributed by atoms with Crippen LogP contribution in [0.2, 0.25) is 0 Å². The van der Waals surface area contributed by atoms with Crippen molar-refractivity contribution in [2.24, 2.45) is 11.7 Å². The molecule has 0 amide bonds. The van der Waals surface area contributed by atoms with Crippen molar-refractivity contribution in [2.75, 3.05) is 19.6 Å². The largest absolute Gasteiger partial charge is 0.358 e. The highest BCUT2D eigenvalue weighted by Gasteiger charge is 2.25. The normalized spacial score (nSPS) is 25.6. The molecule has 0 spiro atoms. The zero-order chi connectivity index (χ0) is 14.4. The number of ether oxygens (including phenoxy) is 1. The van der Waals surface area contributed by atoms with Crippen molar-refractivity contribution in [3.05, 3.63) is 35.9 Å². The Balaban J connectivity index is 1.82. The van der Waals surface area contributed by atoms with E-state index in [-0.39, 0.29) is 6.23 Å². The van der Waals surface area contributed by atoms with Crippen molar-refractivity contribution in [3.63, 3.8) is 0 Å². The summed E-state index contributed by atoms with van der Waals surface area (Å²) in [6.07, 6.45) is 3.59. The molecule has 1 aromatic carbocycles. The van der Waals surface area contributed by atoms with Gasteiger partial charge in [-0.25, -0.2) is 0 Å². The van der Waals surface area contributed by atoms with Crippen LogP contribution in [0.1, 0.15) is 32.3 Å². The quantitative estimate of drug-likeness (QED) is 0.868. The third-order valence-electron chi connectivity index (χ3n) is 3.87. The lowest BCUT2D eigenvalue weighted by atomic mass is 10.00. The van der Waals surface area contributed by atoms with Crippen molar-refractivity contribution in [3.8, 4) is 0 Å². The molecule has 0 bridgehead atoms. The second-order valence-electron chi connectivity index (χ2n) is 6.10. The topological polar surface area (TPSA) is 38.5 Å². The van der Waals surface area contributed by atoms with E-state index < -0.39 is 0 Å². The summed E-state index contributed by atoms with van der Waals surface area (Å²) in [5.41, 5.74) is 7.43. The van der Waals surface area contributed by atoms with Gasteiger partial charge in [-0.15, -0.1) is 0 Å². The van der Waals surface area contributed by atoms with Gasteiger partial charge < -0.3 is 10.5 Å². The molecule has 2 rings (SSSR count). The molecule has 2 N–H and O–H groups in total. The van der Waals surface area contributed by atoms with Gasteiger partial charge in [-0.05, 0) is 24.3 Å². The maximum Gasteiger partial charge on any atom is 0.118 e. The fourth-order valence-corrected chi connectivity index (χ4v) is 3.10. The van der Waals surface area contributed by atoms with E-state index in [4.69, 9.17) is 10.5 Å². The molecular weight excluding hydrogens is 248 g/mol. The van der Waals surface area contributed by atoms with Crippen LogP contribution in [0, 0.1) is 5.92 Å². The molecule has 1 aromatic rings. The number of nitrogens with two attached hydrogens (primary N) is 1. The minimum Gasteiger partial charge on any atom is -0.358 e. The lowest BCUT2D eigenvalue weighted by molar-refractivity contribution is -0.0876. The van der Waals surface area contributed by atoms with Gasteiger partial charge in [0.25, 0.3) is 0 Å². The van der Waals surface area contributed by atoms with E-state index in [1.165, 1.54) is 5.56 Å². The molecule has 20 heavy (non-hydrogen) atoms. The van der Waals surface area contributed by atoms with Crippen molar-refractivity contribution in [2.45, 2.75) is 45.4 Å². The highest BCUT2D eigenvalue weighted by atomic mass is 16.5. The molecule has 3 unspecified atom stereocenters. The first-order chi connectivity index (χ1) is 9.67. The molecule has 1 saturated heterocycles. The molecule has 1 heterocycles. The molecule has 3 heteroatoms. The molecule has 0 aliphatic carbocycles. The number of hydrogen-bond donors (Lipinski definition) is 1. The third kappa shape index (κ3) is 4.89. The second-order valence-corrected chi connectivity index (χ2v) is 6.10. The van der Waals surface area contributed by atoms with Crippen molar-refractivity contribution >= 4 is 0 Å². The van der Waals surface area contributed by atoms with Gasteiger partial charge in [0.1, 0.15) is 6.23 Å². The number of nitrogens with zero attached hydrogens (tertiary/aromatic N) is 1. The number of benzene rings is 1. The van der Waals surface area contributed by atoms with Gasteiger partial charge in [-0.2, -0.15) is 0 Å². The molecule has 1 aliphatic heterocycles. The van der Waals surface area contributed by atoms with Gasteiger partial charge in [0, 0.05) is 19.6 Å². The van der Waals surface area contributed by atoms with Crippen molar-refractivity contribution in [1.29, 1.82) is 0 Å². The first kappa shape index (κ1) is 15.5. The number of morpholine rings is 1. The predicted octanol–water partition coefficient (Wildman–Crippen LogP) is 2.65. The average molecular weight is 276 g/mol. The smallest absolute Gasteiger partial charge is 0.118 e. The van der Waals surface area contributed by atoms with E-state index in [1.54, 1.807) is 0 Å². The zero-order valence-electron chi connectivity index (χ0n) is 12.8. The lowest BCUT2D eigenvalue weighted by Crippen LogP contribution is -2.52. The summed E-state index contributed by atoms with van der Waals surface area (Å²) in [5.74, 6) is 0.643.